The van der Waals surface area contributed by atoms with Gasteiger partial charge in [-0.3, -0.25) is 9.89 Å². The van der Waals surface area contributed by atoms with E-state index in [0.29, 0.717) is 18.1 Å². The molecule has 0 radical (unpaired) electrons. The first kappa shape index (κ1) is 19.7. The molecule has 0 aromatic heterocycles. The number of nitrogens with one attached hydrogen (secondary N) is 2. The second-order valence-electron chi connectivity index (χ2n) is 7.06. The second-order valence-corrected chi connectivity index (χ2v) is 7.06. The van der Waals surface area contributed by atoms with Gasteiger partial charge in [0, 0.05) is 39.8 Å². The van der Waals surface area contributed by atoms with Gasteiger partial charge < -0.3 is 15.4 Å². The van der Waals surface area contributed by atoms with Gasteiger partial charge in [-0.1, -0.05) is 37.3 Å². The van der Waals surface area contributed by atoms with Gasteiger partial charge in [0.15, 0.2) is 5.96 Å². The first-order valence-corrected chi connectivity index (χ1v) is 9.45. The van der Waals surface area contributed by atoms with Crippen molar-refractivity contribution >= 4 is 5.96 Å². The molecular formula is C20H34N4O. The number of aliphatic imine (C=N–C) groups is 1. The van der Waals surface area contributed by atoms with Crippen molar-refractivity contribution in [1.29, 1.82) is 0 Å². The molecule has 0 bridgehead atoms. The van der Waals surface area contributed by atoms with Crippen molar-refractivity contribution in [3.8, 4) is 0 Å². The van der Waals surface area contributed by atoms with E-state index in [4.69, 9.17) is 4.74 Å². The Hall–Kier alpha value is -1.59. The summed E-state index contributed by atoms with van der Waals surface area (Å²) in [5.41, 5.74) is 1.35. The molecule has 3 atom stereocenters. The van der Waals surface area contributed by atoms with Crippen molar-refractivity contribution in [3.63, 3.8) is 0 Å². The van der Waals surface area contributed by atoms with Gasteiger partial charge in [-0.15, -0.1) is 0 Å². The molecule has 0 spiro atoms. The third-order valence-corrected chi connectivity index (χ3v) is 4.61. The van der Waals surface area contributed by atoms with Crippen molar-refractivity contribution < 1.29 is 4.74 Å². The Labute approximate surface area is 152 Å². The molecule has 1 aromatic rings. The molecule has 5 nitrogen and oxygen atoms in total. The molecule has 1 saturated heterocycles. The van der Waals surface area contributed by atoms with E-state index in [1.165, 1.54) is 5.56 Å². The lowest BCUT2D eigenvalue weighted by atomic mass is 10.0. The van der Waals surface area contributed by atoms with Crippen LogP contribution in [0, 0.1) is 0 Å². The summed E-state index contributed by atoms with van der Waals surface area (Å²) in [5, 5.41) is 6.84. The van der Waals surface area contributed by atoms with Crippen LogP contribution in [0.25, 0.3) is 0 Å². The average molecular weight is 347 g/mol. The summed E-state index contributed by atoms with van der Waals surface area (Å²) in [6, 6.07) is 10.6. The van der Waals surface area contributed by atoms with Gasteiger partial charge in [0.05, 0.1) is 12.2 Å². The molecule has 2 rings (SSSR count). The van der Waals surface area contributed by atoms with Gasteiger partial charge >= 0.3 is 0 Å². The molecule has 0 aliphatic carbocycles. The van der Waals surface area contributed by atoms with Crippen LogP contribution in [-0.2, 0) is 4.74 Å². The minimum atomic E-state index is 0.339. The molecule has 1 fully saturated rings. The predicted octanol–water partition coefficient (Wildman–Crippen LogP) is 2.45. The maximum atomic E-state index is 5.78. The maximum absolute atomic E-state index is 5.78. The molecule has 3 unspecified atom stereocenters. The molecule has 1 heterocycles. The van der Waals surface area contributed by atoms with E-state index in [-0.39, 0.29) is 0 Å². The van der Waals surface area contributed by atoms with Crippen LogP contribution in [0.15, 0.2) is 35.3 Å². The highest BCUT2D eigenvalue weighted by Crippen LogP contribution is 2.13. The third-order valence-electron chi connectivity index (χ3n) is 4.61. The topological polar surface area (TPSA) is 48.9 Å². The highest BCUT2D eigenvalue weighted by atomic mass is 16.5. The summed E-state index contributed by atoms with van der Waals surface area (Å²) in [4.78, 5) is 6.82. The van der Waals surface area contributed by atoms with Crippen LogP contribution in [0.2, 0.25) is 0 Å². The van der Waals surface area contributed by atoms with Crippen molar-refractivity contribution in [1.82, 2.24) is 15.5 Å². The van der Waals surface area contributed by atoms with E-state index < -0.39 is 0 Å². The van der Waals surface area contributed by atoms with Gasteiger partial charge in [-0.25, -0.2) is 0 Å². The number of rotatable bonds is 7. The minimum Gasteiger partial charge on any atom is -0.373 e. The normalized spacial score (nSPS) is 23.3. The fraction of sp³-hybridized carbons (Fsp3) is 0.650. The van der Waals surface area contributed by atoms with Crippen LogP contribution in [0.1, 0.15) is 38.7 Å². The van der Waals surface area contributed by atoms with Gasteiger partial charge in [-0.05, 0) is 31.7 Å². The molecule has 0 saturated carbocycles. The number of morpholine rings is 1. The van der Waals surface area contributed by atoms with E-state index in [0.717, 1.165) is 45.1 Å². The molecule has 2 N–H and O–H groups in total. The Morgan fingerprint density at radius 2 is 1.88 bits per heavy atom. The van der Waals surface area contributed by atoms with E-state index in [2.05, 4.69) is 71.6 Å². The summed E-state index contributed by atoms with van der Waals surface area (Å²) in [5.74, 6) is 1.34. The van der Waals surface area contributed by atoms with Crippen molar-refractivity contribution in [2.45, 2.75) is 45.3 Å². The lowest BCUT2D eigenvalue weighted by Gasteiger charge is -2.35. The van der Waals surface area contributed by atoms with E-state index in [1.54, 1.807) is 0 Å². The van der Waals surface area contributed by atoms with Crippen molar-refractivity contribution in [2.24, 2.45) is 4.99 Å². The molecule has 25 heavy (non-hydrogen) atoms. The summed E-state index contributed by atoms with van der Waals surface area (Å²) in [6.07, 6.45) is 1.78. The van der Waals surface area contributed by atoms with Gasteiger partial charge in [0.1, 0.15) is 0 Å². The fourth-order valence-electron chi connectivity index (χ4n) is 3.35. The van der Waals surface area contributed by atoms with Crippen LogP contribution >= 0.6 is 0 Å². The highest BCUT2D eigenvalue weighted by molar-refractivity contribution is 5.79. The monoisotopic (exact) mass is 346 g/mol. The smallest absolute Gasteiger partial charge is 0.190 e. The Morgan fingerprint density at radius 1 is 1.20 bits per heavy atom. The zero-order chi connectivity index (χ0) is 18.1. The number of benzene rings is 1. The van der Waals surface area contributed by atoms with E-state index in [9.17, 15) is 0 Å². The van der Waals surface area contributed by atoms with Crippen LogP contribution in [0.4, 0.5) is 0 Å². The Bertz CT molecular complexity index is 510. The average Bonchev–Trinajstić information content (AvgIpc) is 2.61. The minimum absolute atomic E-state index is 0.339. The fourth-order valence-corrected chi connectivity index (χ4v) is 3.35. The van der Waals surface area contributed by atoms with E-state index >= 15 is 0 Å². The SMILES string of the molecule is CN=C(NCCCN1CC(C)OC(C)C1)NCC(C)c1ccccc1. The number of guanidine groups is 1. The first-order valence-electron chi connectivity index (χ1n) is 9.45. The first-order chi connectivity index (χ1) is 12.1. The van der Waals surface area contributed by atoms with Gasteiger partial charge in [-0.2, -0.15) is 0 Å². The van der Waals surface area contributed by atoms with Crippen LogP contribution < -0.4 is 10.6 Å². The summed E-state index contributed by atoms with van der Waals surface area (Å²) >= 11 is 0. The molecule has 1 aliphatic heterocycles. The van der Waals surface area contributed by atoms with Gasteiger partial charge in [0.2, 0.25) is 0 Å². The molecule has 5 heteroatoms. The second kappa shape index (κ2) is 10.4. The van der Waals surface area contributed by atoms with Gasteiger partial charge in [0.25, 0.3) is 0 Å². The molecular weight excluding hydrogens is 312 g/mol. The highest BCUT2D eigenvalue weighted by Gasteiger charge is 2.21. The van der Waals surface area contributed by atoms with Crippen LogP contribution in [-0.4, -0.2) is 62.8 Å². The van der Waals surface area contributed by atoms with E-state index in [1.807, 2.05) is 7.05 Å². The van der Waals surface area contributed by atoms with Crippen molar-refractivity contribution in [2.75, 3.05) is 39.8 Å². The maximum Gasteiger partial charge on any atom is 0.190 e. The van der Waals surface area contributed by atoms with Crippen LogP contribution in [0.3, 0.4) is 0 Å². The number of nitrogens with zero attached hydrogens (tertiary/aromatic N) is 2. The predicted molar refractivity (Wildman–Crippen MR) is 105 cm³/mol. The Kier molecular flexibility index (Phi) is 8.22. The molecule has 1 aromatic carbocycles. The zero-order valence-corrected chi connectivity index (χ0v) is 16.2. The number of hydrogen-bond donors (Lipinski definition) is 2. The molecule has 0 amide bonds. The number of hydrogen-bond acceptors (Lipinski definition) is 3. The zero-order valence-electron chi connectivity index (χ0n) is 16.2. The molecule has 1 aliphatic rings. The summed E-state index contributed by atoms with van der Waals surface area (Å²) in [6.45, 7) is 11.5. The standard InChI is InChI=1S/C20H34N4O/c1-16(19-9-6-5-7-10-19)13-23-20(21-4)22-11-8-12-24-14-17(2)25-18(3)15-24/h5-7,9-10,16-18H,8,11-15H2,1-4H3,(H2,21,22,23). The Balaban J connectivity index is 1.63. The quantitative estimate of drug-likeness (QED) is 0.452. The lowest BCUT2D eigenvalue weighted by Crippen LogP contribution is -2.46. The molecule has 140 valence electrons. The summed E-state index contributed by atoms with van der Waals surface area (Å²) in [7, 11) is 1.83. The Morgan fingerprint density at radius 3 is 2.52 bits per heavy atom. The third kappa shape index (κ3) is 7.04. The largest absolute Gasteiger partial charge is 0.373 e. The number of ether oxygens (including phenoxy) is 1. The van der Waals surface area contributed by atoms with Crippen molar-refractivity contribution in [3.05, 3.63) is 35.9 Å². The van der Waals surface area contributed by atoms with Crippen LogP contribution in [0.5, 0.6) is 0 Å². The summed E-state index contributed by atoms with van der Waals surface area (Å²) < 4.78 is 5.78. The lowest BCUT2D eigenvalue weighted by molar-refractivity contribution is -0.0679.